The van der Waals surface area contributed by atoms with E-state index >= 15 is 0 Å². The van der Waals surface area contributed by atoms with Crippen molar-refractivity contribution in [3.05, 3.63) is 58.0 Å². The first-order chi connectivity index (χ1) is 12.4. The third-order valence-electron chi connectivity index (χ3n) is 3.36. The number of carbonyl (C=O) groups excluding carboxylic acids is 3. The summed E-state index contributed by atoms with van der Waals surface area (Å²) in [4.78, 5) is 46.1. The molecule has 0 aliphatic carbocycles. The SMILES string of the molecule is CC(=O)Nc1ccc(C(=O)NCCNC(=O)c2ccc(=O)n(C)n2)cc1. The van der Waals surface area contributed by atoms with Gasteiger partial charge in [0.2, 0.25) is 5.91 Å². The van der Waals surface area contributed by atoms with E-state index < -0.39 is 5.91 Å². The van der Waals surface area contributed by atoms with Gasteiger partial charge < -0.3 is 16.0 Å². The van der Waals surface area contributed by atoms with E-state index in [-0.39, 0.29) is 36.2 Å². The van der Waals surface area contributed by atoms with Gasteiger partial charge in [-0.3, -0.25) is 19.2 Å². The fourth-order valence-corrected chi connectivity index (χ4v) is 2.08. The maximum Gasteiger partial charge on any atom is 0.271 e. The lowest BCUT2D eigenvalue weighted by Crippen LogP contribution is -2.35. The van der Waals surface area contributed by atoms with Gasteiger partial charge in [-0.1, -0.05) is 0 Å². The van der Waals surface area contributed by atoms with E-state index in [1.807, 2.05) is 0 Å². The normalized spacial score (nSPS) is 10.1. The highest BCUT2D eigenvalue weighted by Crippen LogP contribution is 2.09. The molecule has 9 nitrogen and oxygen atoms in total. The number of hydrogen-bond donors (Lipinski definition) is 3. The van der Waals surface area contributed by atoms with Crippen LogP contribution in [0.25, 0.3) is 0 Å². The predicted octanol–water partition coefficient (Wildman–Crippen LogP) is -0.102. The molecule has 0 aliphatic heterocycles. The van der Waals surface area contributed by atoms with Crippen molar-refractivity contribution < 1.29 is 14.4 Å². The lowest BCUT2D eigenvalue weighted by Gasteiger charge is -2.08. The Morgan fingerprint density at radius 1 is 0.962 bits per heavy atom. The molecule has 0 atom stereocenters. The Morgan fingerprint density at radius 2 is 1.58 bits per heavy atom. The predicted molar refractivity (Wildman–Crippen MR) is 94.9 cm³/mol. The highest BCUT2D eigenvalue weighted by Gasteiger charge is 2.09. The maximum absolute atomic E-state index is 12.0. The second kappa shape index (κ2) is 8.56. The van der Waals surface area contributed by atoms with Crippen molar-refractivity contribution in [2.75, 3.05) is 18.4 Å². The molecule has 26 heavy (non-hydrogen) atoms. The van der Waals surface area contributed by atoms with Gasteiger partial charge in [-0.25, -0.2) is 4.68 Å². The summed E-state index contributed by atoms with van der Waals surface area (Å²) < 4.78 is 1.07. The number of benzene rings is 1. The second-order valence-corrected chi connectivity index (χ2v) is 5.45. The fourth-order valence-electron chi connectivity index (χ4n) is 2.08. The Labute approximate surface area is 149 Å². The van der Waals surface area contributed by atoms with Crippen LogP contribution in [0.3, 0.4) is 0 Å². The molecular weight excluding hydrogens is 338 g/mol. The first-order valence-electron chi connectivity index (χ1n) is 7.85. The standard InChI is InChI=1S/C17H19N5O4/c1-11(23)20-13-5-3-12(4-6-13)16(25)18-9-10-19-17(26)14-7-8-15(24)22(2)21-14/h3-8H,9-10H2,1-2H3,(H,18,25)(H,19,26)(H,20,23). The van der Waals surface area contributed by atoms with Crippen LogP contribution in [0, 0.1) is 0 Å². The summed E-state index contributed by atoms with van der Waals surface area (Å²) in [6.07, 6.45) is 0. The molecule has 2 aromatic rings. The van der Waals surface area contributed by atoms with Gasteiger partial charge in [-0.05, 0) is 30.3 Å². The molecule has 0 unspecified atom stereocenters. The average molecular weight is 357 g/mol. The number of nitrogens with zero attached hydrogens (tertiary/aromatic N) is 2. The summed E-state index contributed by atoms with van der Waals surface area (Å²) in [5, 5.41) is 11.7. The number of hydrogen-bond acceptors (Lipinski definition) is 5. The van der Waals surface area contributed by atoms with Crippen molar-refractivity contribution in [2.24, 2.45) is 7.05 Å². The molecule has 9 heteroatoms. The molecule has 0 spiro atoms. The van der Waals surface area contributed by atoms with Gasteiger partial charge >= 0.3 is 0 Å². The van der Waals surface area contributed by atoms with Gasteiger partial charge in [0.15, 0.2) is 0 Å². The highest BCUT2D eigenvalue weighted by atomic mass is 16.2. The van der Waals surface area contributed by atoms with Crippen LogP contribution in [0.15, 0.2) is 41.2 Å². The van der Waals surface area contributed by atoms with Gasteiger partial charge in [0.25, 0.3) is 17.4 Å². The molecule has 3 N–H and O–H groups in total. The smallest absolute Gasteiger partial charge is 0.271 e. The van der Waals surface area contributed by atoms with Crippen LogP contribution in [-0.4, -0.2) is 40.6 Å². The highest BCUT2D eigenvalue weighted by molar-refractivity contribution is 5.95. The molecule has 0 bridgehead atoms. The van der Waals surface area contributed by atoms with Crippen LogP contribution in [0.5, 0.6) is 0 Å². The Morgan fingerprint density at radius 3 is 2.15 bits per heavy atom. The fraction of sp³-hybridized carbons (Fsp3) is 0.235. The number of rotatable bonds is 6. The zero-order valence-corrected chi connectivity index (χ0v) is 14.4. The Bertz CT molecular complexity index is 873. The summed E-state index contributed by atoms with van der Waals surface area (Å²) in [7, 11) is 1.45. The van der Waals surface area contributed by atoms with Gasteiger partial charge in [0.1, 0.15) is 5.69 Å². The minimum absolute atomic E-state index is 0.118. The monoisotopic (exact) mass is 357 g/mol. The molecule has 1 heterocycles. The lowest BCUT2D eigenvalue weighted by atomic mass is 10.2. The number of aryl methyl sites for hydroxylation is 1. The van der Waals surface area contributed by atoms with E-state index in [0.717, 1.165) is 4.68 Å². The molecule has 3 amide bonds. The van der Waals surface area contributed by atoms with Crippen LogP contribution in [0.2, 0.25) is 0 Å². The Kier molecular flexibility index (Phi) is 6.20. The minimum Gasteiger partial charge on any atom is -0.350 e. The van der Waals surface area contributed by atoms with E-state index in [2.05, 4.69) is 21.0 Å². The first-order valence-corrected chi connectivity index (χ1v) is 7.85. The van der Waals surface area contributed by atoms with E-state index in [9.17, 15) is 19.2 Å². The van der Waals surface area contributed by atoms with Crippen LogP contribution < -0.4 is 21.5 Å². The van der Waals surface area contributed by atoms with Crippen molar-refractivity contribution in [1.82, 2.24) is 20.4 Å². The second-order valence-electron chi connectivity index (χ2n) is 5.45. The largest absolute Gasteiger partial charge is 0.350 e. The van der Waals surface area contributed by atoms with Crippen LogP contribution >= 0.6 is 0 Å². The van der Waals surface area contributed by atoms with Gasteiger partial charge in [-0.2, -0.15) is 5.10 Å². The summed E-state index contributed by atoms with van der Waals surface area (Å²) >= 11 is 0. The number of carbonyl (C=O) groups is 3. The first kappa shape index (κ1) is 18.8. The molecule has 0 fully saturated rings. The summed E-state index contributed by atoms with van der Waals surface area (Å²) in [6, 6.07) is 9.04. The molecule has 0 aliphatic rings. The average Bonchev–Trinajstić information content (AvgIpc) is 2.60. The summed E-state index contributed by atoms with van der Waals surface area (Å²) in [5.41, 5.74) is 0.849. The third kappa shape index (κ3) is 5.26. The van der Waals surface area contributed by atoms with Gasteiger partial charge in [0.05, 0.1) is 0 Å². The van der Waals surface area contributed by atoms with Crippen LogP contribution in [0.1, 0.15) is 27.8 Å². The van der Waals surface area contributed by atoms with Crippen LogP contribution in [0.4, 0.5) is 5.69 Å². The molecule has 2 rings (SSSR count). The summed E-state index contributed by atoms with van der Waals surface area (Å²) in [6.45, 7) is 1.84. The molecule has 136 valence electrons. The lowest BCUT2D eigenvalue weighted by molar-refractivity contribution is -0.114. The topological polar surface area (TPSA) is 122 Å². The number of nitrogens with one attached hydrogen (secondary N) is 3. The van der Waals surface area contributed by atoms with Crippen molar-refractivity contribution in [1.29, 1.82) is 0 Å². The van der Waals surface area contributed by atoms with E-state index in [1.54, 1.807) is 24.3 Å². The molecule has 0 saturated heterocycles. The zero-order chi connectivity index (χ0) is 19.1. The zero-order valence-electron chi connectivity index (χ0n) is 14.4. The maximum atomic E-state index is 12.0. The number of anilines is 1. The van der Waals surface area contributed by atoms with E-state index in [0.29, 0.717) is 11.3 Å². The molecule has 0 saturated carbocycles. The third-order valence-corrected chi connectivity index (χ3v) is 3.36. The number of amides is 3. The molecular formula is C17H19N5O4. The molecule has 1 aromatic heterocycles. The van der Waals surface area contributed by atoms with Gasteiger partial charge in [0, 0.05) is 44.4 Å². The van der Waals surface area contributed by atoms with E-state index in [1.165, 1.54) is 26.1 Å². The minimum atomic E-state index is -0.436. The summed E-state index contributed by atoms with van der Waals surface area (Å²) in [5.74, 6) is -0.922. The molecule has 0 radical (unpaired) electrons. The quantitative estimate of drug-likeness (QED) is 0.623. The van der Waals surface area contributed by atoms with E-state index in [4.69, 9.17) is 0 Å². The Hall–Kier alpha value is -3.49. The van der Waals surface area contributed by atoms with Crippen molar-refractivity contribution >= 4 is 23.4 Å². The molecule has 1 aromatic carbocycles. The van der Waals surface area contributed by atoms with Crippen molar-refractivity contribution in [2.45, 2.75) is 6.92 Å². The number of aromatic nitrogens is 2. The van der Waals surface area contributed by atoms with Crippen LogP contribution in [-0.2, 0) is 11.8 Å². The van der Waals surface area contributed by atoms with Crippen molar-refractivity contribution in [3.8, 4) is 0 Å². The van der Waals surface area contributed by atoms with Gasteiger partial charge in [-0.15, -0.1) is 0 Å². The Balaban J connectivity index is 1.79. The van der Waals surface area contributed by atoms with Crippen molar-refractivity contribution in [3.63, 3.8) is 0 Å².